The maximum atomic E-state index is 13.5. The van der Waals surface area contributed by atoms with E-state index >= 15 is 0 Å². The van der Waals surface area contributed by atoms with Crippen molar-refractivity contribution in [2.75, 3.05) is 30.8 Å². The second-order valence-corrected chi connectivity index (χ2v) is 3.60. The standard InChI is InChI=1S/C12H16FN3O/c1-3-17-12-8-11(10(15)7-9(12)13)16(2)6-4-5-14/h7-8H,3-4,6,15H2,1-2H3. The molecule has 1 rings (SSSR count). The first-order chi connectivity index (χ1) is 8.10. The number of halogens is 1. The molecular formula is C12H16FN3O. The lowest BCUT2D eigenvalue weighted by atomic mass is 10.2. The molecule has 0 radical (unpaired) electrons. The molecule has 0 saturated carbocycles. The highest BCUT2D eigenvalue weighted by atomic mass is 19.1. The quantitative estimate of drug-likeness (QED) is 0.797. The van der Waals surface area contributed by atoms with Crippen molar-refractivity contribution in [1.82, 2.24) is 0 Å². The summed E-state index contributed by atoms with van der Waals surface area (Å²) in [7, 11) is 1.80. The fourth-order valence-electron chi connectivity index (χ4n) is 1.49. The summed E-state index contributed by atoms with van der Waals surface area (Å²) in [6.07, 6.45) is 0.386. The monoisotopic (exact) mass is 237 g/mol. The molecule has 0 unspecified atom stereocenters. The molecule has 17 heavy (non-hydrogen) atoms. The van der Waals surface area contributed by atoms with Gasteiger partial charge < -0.3 is 15.4 Å². The minimum atomic E-state index is -0.471. The number of hydrogen-bond acceptors (Lipinski definition) is 4. The zero-order valence-electron chi connectivity index (χ0n) is 10.0. The van der Waals surface area contributed by atoms with Gasteiger partial charge in [-0.05, 0) is 6.92 Å². The number of nitrogen functional groups attached to an aromatic ring is 1. The van der Waals surface area contributed by atoms with E-state index in [2.05, 4.69) is 6.07 Å². The lowest BCUT2D eigenvalue weighted by Crippen LogP contribution is -2.19. The van der Waals surface area contributed by atoms with E-state index in [1.165, 1.54) is 6.07 Å². The average Bonchev–Trinajstić information content (AvgIpc) is 2.29. The summed E-state index contributed by atoms with van der Waals surface area (Å²) < 4.78 is 18.6. The van der Waals surface area contributed by atoms with Crippen LogP contribution in [-0.4, -0.2) is 20.2 Å². The second kappa shape index (κ2) is 5.94. The molecule has 2 N–H and O–H groups in total. The zero-order chi connectivity index (χ0) is 12.8. The van der Waals surface area contributed by atoms with Crippen LogP contribution in [0.3, 0.4) is 0 Å². The Morgan fingerprint density at radius 3 is 2.82 bits per heavy atom. The van der Waals surface area contributed by atoms with Crippen molar-refractivity contribution >= 4 is 11.4 Å². The van der Waals surface area contributed by atoms with Crippen molar-refractivity contribution in [2.45, 2.75) is 13.3 Å². The summed E-state index contributed by atoms with van der Waals surface area (Å²) in [6, 6.07) is 4.85. The Balaban J connectivity index is 2.98. The SMILES string of the molecule is CCOc1cc(N(C)CCC#N)c(N)cc1F. The molecule has 0 aliphatic carbocycles. The number of anilines is 2. The van der Waals surface area contributed by atoms with E-state index in [-0.39, 0.29) is 5.75 Å². The van der Waals surface area contributed by atoms with Gasteiger partial charge in [0.1, 0.15) is 0 Å². The molecule has 1 aromatic carbocycles. The average molecular weight is 237 g/mol. The molecule has 4 nitrogen and oxygen atoms in total. The Hall–Kier alpha value is -1.96. The van der Waals surface area contributed by atoms with Crippen LogP contribution in [0, 0.1) is 17.1 Å². The summed E-state index contributed by atoms with van der Waals surface area (Å²) in [5.41, 5.74) is 6.75. The number of benzene rings is 1. The van der Waals surface area contributed by atoms with E-state index in [9.17, 15) is 4.39 Å². The molecule has 0 aromatic heterocycles. The van der Waals surface area contributed by atoms with Crippen LogP contribution in [-0.2, 0) is 0 Å². The van der Waals surface area contributed by atoms with Crippen LogP contribution in [0.25, 0.3) is 0 Å². The van der Waals surface area contributed by atoms with Crippen LogP contribution in [0.15, 0.2) is 12.1 Å². The summed E-state index contributed by atoms with van der Waals surface area (Å²) in [4.78, 5) is 1.81. The zero-order valence-corrected chi connectivity index (χ0v) is 10.0. The lowest BCUT2D eigenvalue weighted by molar-refractivity contribution is 0.322. The fourth-order valence-corrected chi connectivity index (χ4v) is 1.49. The van der Waals surface area contributed by atoms with Crippen LogP contribution in [0.5, 0.6) is 5.75 Å². The van der Waals surface area contributed by atoms with Crippen molar-refractivity contribution in [2.24, 2.45) is 0 Å². The maximum absolute atomic E-state index is 13.5. The van der Waals surface area contributed by atoms with E-state index in [0.29, 0.717) is 30.9 Å². The van der Waals surface area contributed by atoms with E-state index < -0.39 is 5.82 Å². The first-order valence-corrected chi connectivity index (χ1v) is 5.40. The molecule has 0 amide bonds. The van der Waals surface area contributed by atoms with E-state index in [1.54, 1.807) is 24.9 Å². The molecule has 5 heteroatoms. The number of rotatable bonds is 5. The largest absolute Gasteiger partial charge is 0.491 e. The summed E-state index contributed by atoms with van der Waals surface area (Å²) in [6.45, 7) is 2.72. The molecule has 0 atom stereocenters. The Morgan fingerprint density at radius 2 is 2.24 bits per heavy atom. The van der Waals surface area contributed by atoms with Gasteiger partial charge in [-0.1, -0.05) is 0 Å². The highest BCUT2D eigenvalue weighted by Crippen LogP contribution is 2.30. The number of nitriles is 1. The third-order valence-corrected chi connectivity index (χ3v) is 2.35. The van der Waals surface area contributed by atoms with Crippen molar-refractivity contribution in [3.63, 3.8) is 0 Å². The Morgan fingerprint density at radius 1 is 1.53 bits per heavy atom. The normalized spacial score (nSPS) is 9.76. The first-order valence-electron chi connectivity index (χ1n) is 5.40. The predicted octanol–water partition coefficient (Wildman–Crippen LogP) is 2.16. The van der Waals surface area contributed by atoms with Gasteiger partial charge in [0.15, 0.2) is 11.6 Å². The van der Waals surface area contributed by atoms with Gasteiger partial charge in [0.25, 0.3) is 0 Å². The van der Waals surface area contributed by atoms with Crippen LogP contribution < -0.4 is 15.4 Å². The van der Waals surface area contributed by atoms with Gasteiger partial charge in [0.2, 0.25) is 0 Å². The van der Waals surface area contributed by atoms with E-state index in [4.69, 9.17) is 15.7 Å². The van der Waals surface area contributed by atoms with E-state index in [1.807, 2.05) is 0 Å². The Bertz CT molecular complexity index is 428. The minimum absolute atomic E-state index is 0.181. The van der Waals surface area contributed by atoms with Gasteiger partial charge in [-0.3, -0.25) is 0 Å². The number of ether oxygens (including phenoxy) is 1. The lowest BCUT2D eigenvalue weighted by Gasteiger charge is -2.21. The number of nitrogens with two attached hydrogens (primary N) is 1. The molecule has 0 heterocycles. The van der Waals surface area contributed by atoms with Crippen LogP contribution in [0.4, 0.5) is 15.8 Å². The third-order valence-electron chi connectivity index (χ3n) is 2.35. The maximum Gasteiger partial charge on any atom is 0.167 e. The molecule has 1 aromatic rings. The number of hydrogen-bond donors (Lipinski definition) is 1. The Labute approximate surface area is 100 Å². The van der Waals surface area contributed by atoms with Crippen molar-refractivity contribution < 1.29 is 9.13 Å². The molecule has 0 bridgehead atoms. The van der Waals surface area contributed by atoms with Gasteiger partial charge in [0.05, 0.1) is 30.5 Å². The van der Waals surface area contributed by atoms with Gasteiger partial charge >= 0.3 is 0 Å². The molecule has 92 valence electrons. The van der Waals surface area contributed by atoms with Gasteiger partial charge in [0, 0.05) is 25.7 Å². The molecule has 0 aliphatic rings. The molecule has 0 saturated heterocycles. The van der Waals surface area contributed by atoms with Crippen molar-refractivity contribution in [1.29, 1.82) is 5.26 Å². The fraction of sp³-hybridized carbons (Fsp3) is 0.417. The van der Waals surface area contributed by atoms with Gasteiger partial charge in [-0.15, -0.1) is 0 Å². The third kappa shape index (κ3) is 3.25. The predicted molar refractivity (Wildman–Crippen MR) is 65.5 cm³/mol. The van der Waals surface area contributed by atoms with Gasteiger partial charge in [-0.25, -0.2) is 4.39 Å². The Kier molecular flexibility index (Phi) is 4.58. The minimum Gasteiger partial charge on any atom is -0.491 e. The van der Waals surface area contributed by atoms with Crippen molar-refractivity contribution in [3.8, 4) is 11.8 Å². The summed E-state index contributed by atoms with van der Waals surface area (Å²) in [5.74, 6) is -0.290. The molecule has 0 spiro atoms. The van der Waals surface area contributed by atoms with Crippen LogP contribution in [0.1, 0.15) is 13.3 Å². The van der Waals surface area contributed by atoms with Crippen molar-refractivity contribution in [3.05, 3.63) is 17.9 Å². The highest BCUT2D eigenvalue weighted by molar-refractivity contribution is 5.69. The highest BCUT2D eigenvalue weighted by Gasteiger charge is 2.11. The molecule has 0 aliphatic heterocycles. The summed E-state index contributed by atoms with van der Waals surface area (Å²) >= 11 is 0. The summed E-state index contributed by atoms with van der Waals surface area (Å²) in [5, 5.41) is 8.52. The van der Waals surface area contributed by atoms with Crippen LogP contribution >= 0.6 is 0 Å². The molecule has 0 fully saturated rings. The second-order valence-electron chi connectivity index (χ2n) is 3.60. The van der Waals surface area contributed by atoms with E-state index in [0.717, 1.165) is 0 Å². The first kappa shape index (κ1) is 13.1. The molecular weight excluding hydrogens is 221 g/mol. The topological polar surface area (TPSA) is 62.3 Å². The smallest absolute Gasteiger partial charge is 0.167 e. The van der Waals surface area contributed by atoms with Crippen LogP contribution in [0.2, 0.25) is 0 Å². The number of nitrogens with zero attached hydrogens (tertiary/aromatic N) is 2. The van der Waals surface area contributed by atoms with Gasteiger partial charge in [-0.2, -0.15) is 5.26 Å².